The van der Waals surface area contributed by atoms with Crippen LogP contribution in [-0.4, -0.2) is 52.6 Å². The standard InChI is InChI=1S/C14H22FN3O2S/c1-12-13(15)4-2-5-14(12)21(19,20)17-6-3-9-18-10-7-16-8-11-18/h2,4-5,16-17H,3,6-11H2,1H3. The fourth-order valence-corrected chi connectivity index (χ4v) is 3.73. The molecule has 118 valence electrons. The summed E-state index contributed by atoms with van der Waals surface area (Å²) in [5, 5.41) is 3.27. The Hall–Kier alpha value is -1.02. The summed E-state index contributed by atoms with van der Waals surface area (Å²) in [6.45, 7) is 6.66. The van der Waals surface area contributed by atoms with Gasteiger partial charge in [-0.15, -0.1) is 0 Å². The Morgan fingerprint density at radius 3 is 2.76 bits per heavy atom. The first-order valence-corrected chi connectivity index (χ1v) is 8.67. The van der Waals surface area contributed by atoms with E-state index in [-0.39, 0.29) is 10.5 Å². The third-order valence-electron chi connectivity index (χ3n) is 3.66. The van der Waals surface area contributed by atoms with Crippen LogP contribution < -0.4 is 10.0 Å². The number of nitrogens with zero attached hydrogens (tertiary/aromatic N) is 1. The molecular formula is C14H22FN3O2S. The van der Waals surface area contributed by atoms with Crippen molar-refractivity contribution in [2.45, 2.75) is 18.2 Å². The molecule has 0 bridgehead atoms. The topological polar surface area (TPSA) is 61.4 Å². The lowest BCUT2D eigenvalue weighted by molar-refractivity contribution is 0.239. The lowest BCUT2D eigenvalue weighted by Crippen LogP contribution is -2.44. The molecule has 2 N–H and O–H groups in total. The molecule has 0 aliphatic carbocycles. The van der Waals surface area contributed by atoms with E-state index in [1.54, 1.807) is 0 Å². The molecule has 1 aliphatic rings. The average molecular weight is 315 g/mol. The highest BCUT2D eigenvalue weighted by Gasteiger charge is 2.18. The monoisotopic (exact) mass is 315 g/mol. The zero-order valence-electron chi connectivity index (χ0n) is 12.2. The normalized spacial score (nSPS) is 17.0. The lowest BCUT2D eigenvalue weighted by atomic mass is 10.2. The molecule has 5 nitrogen and oxygen atoms in total. The van der Waals surface area contributed by atoms with Crippen LogP contribution in [0.25, 0.3) is 0 Å². The van der Waals surface area contributed by atoms with Gasteiger partial charge in [0.1, 0.15) is 5.82 Å². The quantitative estimate of drug-likeness (QED) is 0.759. The van der Waals surface area contributed by atoms with Crippen LogP contribution >= 0.6 is 0 Å². The highest BCUT2D eigenvalue weighted by Crippen LogP contribution is 2.17. The summed E-state index contributed by atoms with van der Waals surface area (Å²) in [7, 11) is -3.64. The number of benzene rings is 1. The van der Waals surface area contributed by atoms with Crippen LogP contribution in [0.3, 0.4) is 0 Å². The third kappa shape index (κ3) is 4.47. The third-order valence-corrected chi connectivity index (χ3v) is 5.27. The van der Waals surface area contributed by atoms with Crippen LogP contribution in [0.1, 0.15) is 12.0 Å². The summed E-state index contributed by atoms with van der Waals surface area (Å²) < 4.78 is 40.3. The molecule has 0 saturated carbocycles. The van der Waals surface area contributed by atoms with Crippen molar-refractivity contribution in [1.29, 1.82) is 0 Å². The van der Waals surface area contributed by atoms with E-state index in [0.29, 0.717) is 6.54 Å². The molecule has 2 rings (SSSR count). The summed E-state index contributed by atoms with van der Waals surface area (Å²) in [6.07, 6.45) is 0.744. The predicted octanol–water partition coefficient (Wildman–Crippen LogP) is 0.708. The zero-order chi connectivity index (χ0) is 15.3. The molecule has 0 spiro atoms. The molecular weight excluding hydrogens is 293 g/mol. The molecule has 0 radical (unpaired) electrons. The van der Waals surface area contributed by atoms with Crippen LogP contribution in [0.15, 0.2) is 23.1 Å². The smallest absolute Gasteiger partial charge is 0.240 e. The van der Waals surface area contributed by atoms with Crippen molar-refractivity contribution in [3.63, 3.8) is 0 Å². The summed E-state index contributed by atoms with van der Waals surface area (Å²) in [6, 6.07) is 4.10. The molecule has 1 heterocycles. The summed E-state index contributed by atoms with van der Waals surface area (Å²) in [5.74, 6) is -0.501. The van der Waals surface area contributed by atoms with Crippen LogP contribution in [0.4, 0.5) is 4.39 Å². The maximum atomic E-state index is 13.4. The Labute approximate surface area is 125 Å². The molecule has 0 unspecified atom stereocenters. The largest absolute Gasteiger partial charge is 0.314 e. The highest BCUT2D eigenvalue weighted by molar-refractivity contribution is 7.89. The van der Waals surface area contributed by atoms with Gasteiger partial charge in [-0.2, -0.15) is 0 Å². The molecule has 1 aromatic carbocycles. The van der Waals surface area contributed by atoms with Crippen molar-refractivity contribution >= 4 is 10.0 Å². The Morgan fingerprint density at radius 1 is 1.33 bits per heavy atom. The maximum Gasteiger partial charge on any atom is 0.240 e. The zero-order valence-corrected chi connectivity index (χ0v) is 13.0. The van der Waals surface area contributed by atoms with Crippen molar-refractivity contribution in [3.8, 4) is 0 Å². The molecule has 1 fully saturated rings. The van der Waals surface area contributed by atoms with Crippen molar-refractivity contribution in [2.24, 2.45) is 0 Å². The van der Waals surface area contributed by atoms with Gasteiger partial charge in [0.15, 0.2) is 0 Å². The van der Waals surface area contributed by atoms with Gasteiger partial charge in [0, 0.05) is 38.3 Å². The van der Waals surface area contributed by atoms with Gasteiger partial charge in [0.25, 0.3) is 0 Å². The van der Waals surface area contributed by atoms with Gasteiger partial charge in [-0.1, -0.05) is 6.07 Å². The van der Waals surface area contributed by atoms with Crippen LogP contribution in [0.5, 0.6) is 0 Å². The van der Waals surface area contributed by atoms with E-state index < -0.39 is 15.8 Å². The summed E-state index contributed by atoms with van der Waals surface area (Å²) in [4.78, 5) is 2.32. The van der Waals surface area contributed by atoms with E-state index in [1.165, 1.54) is 25.1 Å². The van der Waals surface area contributed by atoms with Gasteiger partial charge >= 0.3 is 0 Å². The maximum absolute atomic E-state index is 13.4. The van der Waals surface area contributed by atoms with Gasteiger partial charge in [-0.3, -0.25) is 0 Å². The Kier molecular flexibility index (Phi) is 5.69. The van der Waals surface area contributed by atoms with Crippen LogP contribution in [0, 0.1) is 12.7 Å². The molecule has 0 atom stereocenters. The summed E-state index contributed by atoms with van der Waals surface area (Å²) >= 11 is 0. The second-order valence-electron chi connectivity index (χ2n) is 5.21. The van der Waals surface area contributed by atoms with Crippen molar-refractivity contribution < 1.29 is 12.8 Å². The van der Waals surface area contributed by atoms with E-state index >= 15 is 0 Å². The fraction of sp³-hybridized carbons (Fsp3) is 0.571. The first-order valence-electron chi connectivity index (χ1n) is 7.18. The van der Waals surface area contributed by atoms with E-state index in [4.69, 9.17) is 0 Å². The number of piperazine rings is 1. The predicted molar refractivity (Wildman–Crippen MR) is 80.3 cm³/mol. The van der Waals surface area contributed by atoms with Crippen LogP contribution in [-0.2, 0) is 10.0 Å². The fourth-order valence-electron chi connectivity index (χ4n) is 2.40. The summed E-state index contributed by atoms with van der Waals surface area (Å²) in [5.41, 5.74) is 0.159. The van der Waals surface area contributed by atoms with Crippen LogP contribution in [0.2, 0.25) is 0 Å². The van der Waals surface area contributed by atoms with Crippen molar-refractivity contribution in [1.82, 2.24) is 14.9 Å². The molecule has 1 saturated heterocycles. The first kappa shape index (κ1) is 16.4. The Balaban J connectivity index is 1.85. The Bertz CT molecular complexity index is 572. The molecule has 1 aromatic rings. The van der Waals surface area contributed by atoms with E-state index in [2.05, 4.69) is 14.9 Å². The second-order valence-corrected chi connectivity index (χ2v) is 6.94. The molecule has 21 heavy (non-hydrogen) atoms. The van der Waals surface area contributed by atoms with Crippen molar-refractivity contribution in [2.75, 3.05) is 39.3 Å². The second kappa shape index (κ2) is 7.31. The highest BCUT2D eigenvalue weighted by atomic mass is 32.2. The molecule has 1 aliphatic heterocycles. The Morgan fingerprint density at radius 2 is 2.05 bits per heavy atom. The van der Waals surface area contributed by atoms with Gasteiger partial charge in [-0.25, -0.2) is 17.5 Å². The van der Waals surface area contributed by atoms with E-state index in [9.17, 15) is 12.8 Å². The SMILES string of the molecule is Cc1c(F)cccc1S(=O)(=O)NCCCN1CCNCC1. The van der Waals surface area contributed by atoms with Gasteiger partial charge < -0.3 is 10.2 Å². The average Bonchev–Trinajstić information content (AvgIpc) is 2.47. The minimum absolute atomic E-state index is 0.0182. The van der Waals surface area contributed by atoms with Gasteiger partial charge in [-0.05, 0) is 32.0 Å². The number of hydrogen-bond acceptors (Lipinski definition) is 4. The minimum Gasteiger partial charge on any atom is -0.314 e. The van der Waals surface area contributed by atoms with E-state index in [1.807, 2.05) is 0 Å². The van der Waals surface area contributed by atoms with E-state index in [0.717, 1.165) is 39.1 Å². The number of nitrogens with one attached hydrogen (secondary N) is 2. The number of halogens is 1. The first-order chi connectivity index (χ1) is 10.0. The number of hydrogen-bond donors (Lipinski definition) is 2. The number of rotatable bonds is 6. The van der Waals surface area contributed by atoms with Crippen molar-refractivity contribution in [3.05, 3.63) is 29.6 Å². The molecule has 0 amide bonds. The minimum atomic E-state index is -3.64. The van der Waals surface area contributed by atoms with Gasteiger partial charge in [0.2, 0.25) is 10.0 Å². The number of sulfonamides is 1. The molecule has 7 heteroatoms. The molecule has 0 aromatic heterocycles. The lowest BCUT2D eigenvalue weighted by Gasteiger charge is -2.27. The van der Waals surface area contributed by atoms with Gasteiger partial charge in [0.05, 0.1) is 4.90 Å².